The van der Waals surface area contributed by atoms with Gasteiger partial charge in [-0.2, -0.15) is 0 Å². The maximum Gasteiger partial charge on any atom is 0.332 e. The van der Waals surface area contributed by atoms with E-state index in [2.05, 4.69) is 11.9 Å². The highest BCUT2D eigenvalue weighted by Gasteiger charge is 2.13. The highest BCUT2D eigenvalue weighted by atomic mass is 16.5. The van der Waals surface area contributed by atoms with Crippen molar-refractivity contribution in [1.29, 1.82) is 0 Å². The molecule has 0 heterocycles. The second kappa shape index (κ2) is 9.57. The van der Waals surface area contributed by atoms with Crippen molar-refractivity contribution in [2.75, 3.05) is 13.2 Å². The lowest BCUT2D eigenvalue weighted by molar-refractivity contribution is -0.146. The zero-order valence-electron chi connectivity index (χ0n) is 12.3. The molecule has 1 aromatic rings. The van der Waals surface area contributed by atoms with E-state index < -0.39 is 12.1 Å². The number of ether oxygens (including phenoxy) is 1. The highest BCUT2D eigenvalue weighted by molar-refractivity contribution is 5.86. The van der Waals surface area contributed by atoms with Crippen LogP contribution in [0.2, 0.25) is 0 Å². The molecule has 0 aliphatic heterocycles. The summed E-state index contributed by atoms with van der Waals surface area (Å²) in [7, 11) is 0. The number of benzene rings is 1. The number of carboxylic acids is 1. The number of hydrogen-bond acceptors (Lipinski definition) is 4. The number of rotatable bonds is 10. The molecular weight excluding hydrogens is 286 g/mol. The SMILES string of the molecule is C=CC(=O)NCCCCOc1ccc(CC(O)C(=O)O)cc1. The number of aliphatic carboxylic acids is 1. The van der Waals surface area contributed by atoms with Gasteiger partial charge in [0.1, 0.15) is 5.75 Å². The van der Waals surface area contributed by atoms with Gasteiger partial charge in [-0.25, -0.2) is 4.79 Å². The Hall–Kier alpha value is -2.34. The molecule has 1 unspecified atom stereocenters. The van der Waals surface area contributed by atoms with E-state index >= 15 is 0 Å². The Bertz CT molecular complexity index is 498. The van der Waals surface area contributed by atoms with Crippen LogP contribution in [0.1, 0.15) is 18.4 Å². The van der Waals surface area contributed by atoms with E-state index in [0.29, 0.717) is 18.9 Å². The fourth-order valence-corrected chi connectivity index (χ4v) is 1.73. The summed E-state index contributed by atoms with van der Waals surface area (Å²) in [4.78, 5) is 21.5. The number of carboxylic acid groups (broad SMARTS) is 1. The molecule has 3 N–H and O–H groups in total. The molecule has 6 heteroatoms. The minimum atomic E-state index is -1.39. The molecule has 6 nitrogen and oxygen atoms in total. The Morgan fingerprint density at radius 3 is 2.55 bits per heavy atom. The summed E-state index contributed by atoms with van der Waals surface area (Å²) in [6.45, 7) is 4.48. The fourth-order valence-electron chi connectivity index (χ4n) is 1.73. The smallest absolute Gasteiger partial charge is 0.332 e. The quantitative estimate of drug-likeness (QED) is 0.445. The maximum absolute atomic E-state index is 10.9. The fraction of sp³-hybridized carbons (Fsp3) is 0.375. The van der Waals surface area contributed by atoms with Gasteiger partial charge in [0.05, 0.1) is 6.61 Å². The number of hydrogen-bond donors (Lipinski definition) is 3. The van der Waals surface area contributed by atoms with E-state index in [1.807, 2.05) is 0 Å². The Balaban J connectivity index is 2.23. The molecule has 0 aliphatic carbocycles. The molecule has 1 atom stereocenters. The summed E-state index contributed by atoms with van der Waals surface area (Å²) in [5.41, 5.74) is 0.731. The predicted molar refractivity (Wildman–Crippen MR) is 81.7 cm³/mol. The summed E-state index contributed by atoms with van der Waals surface area (Å²) in [5, 5.41) is 20.6. The van der Waals surface area contributed by atoms with Crippen LogP contribution in [0.15, 0.2) is 36.9 Å². The van der Waals surface area contributed by atoms with Crippen molar-refractivity contribution in [3.05, 3.63) is 42.5 Å². The normalized spacial score (nSPS) is 11.5. The van der Waals surface area contributed by atoms with E-state index in [9.17, 15) is 14.7 Å². The van der Waals surface area contributed by atoms with Gasteiger partial charge in [-0.1, -0.05) is 18.7 Å². The maximum atomic E-state index is 10.9. The largest absolute Gasteiger partial charge is 0.494 e. The molecule has 0 radical (unpaired) electrons. The van der Waals surface area contributed by atoms with E-state index in [4.69, 9.17) is 9.84 Å². The third-order valence-corrected chi connectivity index (χ3v) is 2.96. The van der Waals surface area contributed by atoms with Crippen LogP contribution < -0.4 is 10.1 Å². The number of aliphatic hydroxyl groups excluding tert-OH is 1. The Kier molecular flexibility index (Phi) is 7.70. The van der Waals surface area contributed by atoms with Crippen molar-refractivity contribution < 1.29 is 24.5 Å². The molecule has 1 aromatic carbocycles. The summed E-state index contributed by atoms with van der Waals surface area (Å²) in [5.74, 6) is -0.729. The molecule has 22 heavy (non-hydrogen) atoms. The Labute approximate surface area is 129 Å². The molecule has 0 fully saturated rings. The number of nitrogens with one attached hydrogen (secondary N) is 1. The van der Waals surface area contributed by atoms with Crippen LogP contribution in [-0.2, 0) is 16.0 Å². The molecule has 0 saturated carbocycles. The van der Waals surface area contributed by atoms with Crippen molar-refractivity contribution in [1.82, 2.24) is 5.32 Å². The second-order valence-corrected chi connectivity index (χ2v) is 4.75. The highest BCUT2D eigenvalue weighted by Crippen LogP contribution is 2.14. The third-order valence-electron chi connectivity index (χ3n) is 2.96. The van der Waals surface area contributed by atoms with Crippen molar-refractivity contribution >= 4 is 11.9 Å². The molecular formula is C16H21NO5. The zero-order valence-corrected chi connectivity index (χ0v) is 12.3. The standard InChI is InChI=1S/C16H21NO5/c1-2-15(19)17-9-3-4-10-22-13-7-5-12(6-8-13)11-14(18)16(20)21/h2,5-8,14,18H,1,3-4,9-11H2,(H,17,19)(H,20,21). The first-order valence-electron chi connectivity index (χ1n) is 7.06. The van der Waals surface area contributed by atoms with E-state index in [-0.39, 0.29) is 12.3 Å². The lowest BCUT2D eigenvalue weighted by atomic mass is 10.1. The van der Waals surface area contributed by atoms with Crippen molar-refractivity contribution in [3.63, 3.8) is 0 Å². The van der Waals surface area contributed by atoms with Gasteiger partial charge in [0.25, 0.3) is 0 Å². The van der Waals surface area contributed by atoms with Gasteiger partial charge < -0.3 is 20.3 Å². The van der Waals surface area contributed by atoms with Crippen molar-refractivity contribution in [2.45, 2.75) is 25.4 Å². The van der Waals surface area contributed by atoms with Crippen LogP contribution in [0.4, 0.5) is 0 Å². The van der Waals surface area contributed by atoms with Crippen LogP contribution in [0.25, 0.3) is 0 Å². The molecule has 0 spiro atoms. The minimum absolute atomic E-state index is 0.0681. The summed E-state index contributed by atoms with van der Waals surface area (Å²) >= 11 is 0. The van der Waals surface area contributed by atoms with E-state index in [1.165, 1.54) is 6.08 Å². The Morgan fingerprint density at radius 2 is 1.95 bits per heavy atom. The molecule has 0 aromatic heterocycles. The number of carbonyl (C=O) groups is 2. The number of unbranched alkanes of at least 4 members (excludes halogenated alkanes) is 1. The molecule has 0 saturated heterocycles. The second-order valence-electron chi connectivity index (χ2n) is 4.75. The van der Waals surface area contributed by atoms with Gasteiger partial charge in [0.2, 0.25) is 5.91 Å². The first kappa shape index (κ1) is 17.7. The Morgan fingerprint density at radius 1 is 1.27 bits per heavy atom. The van der Waals surface area contributed by atoms with Gasteiger partial charge in [0, 0.05) is 13.0 Å². The van der Waals surface area contributed by atoms with Crippen molar-refractivity contribution in [3.8, 4) is 5.75 Å². The molecule has 0 bridgehead atoms. The van der Waals surface area contributed by atoms with Gasteiger partial charge in [-0.05, 0) is 36.6 Å². The van der Waals surface area contributed by atoms with Gasteiger partial charge in [0.15, 0.2) is 6.10 Å². The van der Waals surface area contributed by atoms with Gasteiger partial charge in [-0.15, -0.1) is 0 Å². The molecule has 120 valence electrons. The minimum Gasteiger partial charge on any atom is -0.494 e. The van der Waals surface area contributed by atoms with E-state index in [1.54, 1.807) is 24.3 Å². The van der Waals surface area contributed by atoms with Gasteiger partial charge in [-0.3, -0.25) is 4.79 Å². The lowest BCUT2D eigenvalue weighted by Crippen LogP contribution is -2.22. The third kappa shape index (κ3) is 6.90. The molecule has 0 aliphatic rings. The first-order valence-corrected chi connectivity index (χ1v) is 7.06. The van der Waals surface area contributed by atoms with Gasteiger partial charge >= 0.3 is 5.97 Å². The molecule has 1 rings (SSSR count). The topological polar surface area (TPSA) is 95.9 Å². The average molecular weight is 307 g/mol. The summed E-state index contributed by atoms with van der Waals surface area (Å²) in [6.07, 6.45) is 1.52. The summed E-state index contributed by atoms with van der Waals surface area (Å²) < 4.78 is 5.54. The first-order chi connectivity index (χ1) is 10.5. The molecule has 1 amide bonds. The number of amides is 1. The lowest BCUT2D eigenvalue weighted by Gasteiger charge is -2.08. The van der Waals surface area contributed by atoms with E-state index in [0.717, 1.165) is 18.4 Å². The number of carbonyl (C=O) groups excluding carboxylic acids is 1. The predicted octanol–water partition coefficient (Wildman–Crippen LogP) is 1.14. The zero-order chi connectivity index (χ0) is 16.4. The van der Waals surface area contributed by atoms with Crippen LogP contribution >= 0.6 is 0 Å². The average Bonchev–Trinajstić information content (AvgIpc) is 2.51. The monoisotopic (exact) mass is 307 g/mol. The number of aliphatic hydroxyl groups is 1. The van der Waals surface area contributed by atoms with Crippen LogP contribution in [0, 0.1) is 0 Å². The van der Waals surface area contributed by atoms with Crippen LogP contribution in [-0.4, -0.2) is 41.3 Å². The van der Waals surface area contributed by atoms with Crippen LogP contribution in [0.3, 0.4) is 0 Å². The van der Waals surface area contributed by atoms with Crippen LogP contribution in [0.5, 0.6) is 5.75 Å². The summed E-state index contributed by atoms with van der Waals surface area (Å²) in [6, 6.07) is 6.93. The van der Waals surface area contributed by atoms with Crippen molar-refractivity contribution in [2.24, 2.45) is 0 Å².